The van der Waals surface area contributed by atoms with Crippen molar-refractivity contribution in [2.75, 3.05) is 6.61 Å². The lowest BCUT2D eigenvalue weighted by Gasteiger charge is -2.02. The Labute approximate surface area is 139 Å². The molecule has 3 aromatic rings. The lowest BCUT2D eigenvalue weighted by atomic mass is 10.2. The summed E-state index contributed by atoms with van der Waals surface area (Å²) >= 11 is 0. The quantitative estimate of drug-likeness (QED) is 0.708. The number of nitrogens with one attached hydrogen (secondary N) is 1. The maximum absolute atomic E-state index is 11.9. The normalized spacial score (nSPS) is 11.0. The van der Waals surface area contributed by atoms with Crippen LogP contribution in [-0.2, 0) is 11.3 Å². The molecule has 1 aromatic carbocycles. The van der Waals surface area contributed by atoms with Crippen LogP contribution in [-0.4, -0.2) is 27.1 Å². The maximum atomic E-state index is 11.9. The SMILES string of the molecule is CCOc1ccc(/C=C/C(=O)NCc2nnc3ccccn23)cc1. The number of aromatic nitrogens is 3. The molecular weight excluding hydrogens is 304 g/mol. The zero-order chi connectivity index (χ0) is 16.8. The van der Waals surface area contributed by atoms with Crippen LogP contribution in [0.4, 0.5) is 0 Å². The first-order chi connectivity index (χ1) is 11.8. The molecule has 1 amide bonds. The summed E-state index contributed by atoms with van der Waals surface area (Å²) in [6, 6.07) is 13.2. The van der Waals surface area contributed by atoms with Gasteiger partial charge < -0.3 is 10.1 Å². The van der Waals surface area contributed by atoms with Crippen molar-refractivity contribution in [3.63, 3.8) is 0 Å². The third kappa shape index (κ3) is 3.78. The Kier molecular flexibility index (Phi) is 4.86. The number of hydrogen-bond donors (Lipinski definition) is 1. The van der Waals surface area contributed by atoms with E-state index in [2.05, 4.69) is 15.5 Å². The Morgan fingerprint density at radius 2 is 2.04 bits per heavy atom. The number of carbonyl (C=O) groups excluding carboxylic acids is 1. The van der Waals surface area contributed by atoms with Gasteiger partial charge in [-0.1, -0.05) is 18.2 Å². The van der Waals surface area contributed by atoms with Crippen LogP contribution < -0.4 is 10.1 Å². The van der Waals surface area contributed by atoms with Crippen LogP contribution in [0, 0.1) is 0 Å². The summed E-state index contributed by atoms with van der Waals surface area (Å²) in [6.07, 6.45) is 5.12. The van der Waals surface area contributed by atoms with Crippen LogP contribution in [0.15, 0.2) is 54.7 Å². The number of fused-ring (bicyclic) bond motifs is 1. The standard InChI is InChI=1S/C18H18N4O2/c1-2-24-15-9-6-14(7-10-15)8-11-18(23)19-13-17-21-20-16-5-3-4-12-22(16)17/h3-12H,2,13H2,1H3,(H,19,23)/b11-8+. The van der Waals surface area contributed by atoms with Gasteiger partial charge in [0.05, 0.1) is 13.2 Å². The number of amides is 1. The number of ether oxygens (including phenoxy) is 1. The lowest BCUT2D eigenvalue weighted by molar-refractivity contribution is -0.116. The minimum absolute atomic E-state index is 0.184. The molecule has 24 heavy (non-hydrogen) atoms. The molecule has 0 atom stereocenters. The lowest BCUT2D eigenvalue weighted by Crippen LogP contribution is -2.21. The number of benzene rings is 1. The van der Waals surface area contributed by atoms with Crippen LogP contribution in [0.5, 0.6) is 5.75 Å². The van der Waals surface area contributed by atoms with Gasteiger partial charge in [0.25, 0.3) is 0 Å². The molecule has 1 N–H and O–H groups in total. The molecule has 2 heterocycles. The van der Waals surface area contributed by atoms with E-state index >= 15 is 0 Å². The second-order valence-electron chi connectivity index (χ2n) is 5.10. The predicted molar refractivity (Wildman–Crippen MR) is 91.5 cm³/mol. The van der Waals surface area contributed by atoms with Crippen molar-refractivity contribution in [1.29, 1.82) is 0 Å². The molecule has 0 unspecified atom stereocenters. The maximum Gasteiger partial charge on any atom is 0.244 e. The average molecular weight is 322 g/mol. The molecule has 0 saturated heterocycles. The summed E-state index contributed by atoms with van der Waals surface area (Å²) in [5.74, 6) is 1.32. The summed E-state index contributed by atoms with van der Waals surface area (Å²) in [5, 5.41) is 10.9. The van der Waals surface area contributed by atoms with E-state index in [0.717, 1.165) is 17.0 Å². The highest BCUT2D eigenvalue weighted by Gasteiger charge is 2.05. The molecule has 0 spiro atoms. The highest BCUT2D eigenvalue weighted by atomic mass is 16.5. The number of hydrogen-bond acceptors (Lipinski definition) is 4. The molecule has 0 bridgehead atoms. The summed E-state index contributed by atoms with van der Waals surface area (Å²) in [5.41, 5.74) is 1.69. The first-order valence-electron chi connectivity index (χ1n) is 7.73. The first kappa shape index (κ1) is 15.7. The molecule has 0 aliphatic rings. The number of rotatable bonds is 6. The Morgan fingerprint density at radius 3 is 2.83 bits per heavy atom. The Hall–Kier alpha value is -3.15. The van der Waals surface area contributed by atoms with E-state index in [-0.39, 0.29) is 5.91 Å². The summed E-state index contributed by atoms with van der Waals surface area (Å²) in [4.78, 5) is 11.9. The van der Waals surface area contributed by atoms with Gasteiger partial charge in [-0.15, -0.1) is 10.2 Å². The molecule has 0 radical (unpaired) electrons. The summed E-state index contributed by atoms with van der Waals surface area (Å²) < 4.78 is 7.23. The molecule has 0 saturated carbocycles. The smallest absolute Gasteiger partial charge is 0.244 e. The Morgan fingerprint density at radius 1 is 1.21 bits per heavy atom. The highest BCUT2D eigenvalue weighted by Crippen LogP contribution is 2.13. The third-order valence-electron chi connectivity index (χ3n) is 3.42. The zero-order valence-electron chi connectivity index (χ0n) is 13.3. The van der Waals surface area contributed by atoms with Gasteiger partial charge in [-0.05, 0) is 42.8 Å². The van der Waals surface area contributed by atoms with Crippen molar-refractivity contribution < 1.29 is 9.53 Å². The van der Waals surface area contributed by atoms with E-state index in [9.17, 15) is 4.79 Å². The summed E-state index contributed by atoms with van der Waals surface area (Å²) in [6.45, 7) is 2.89. The molecule has 0 aliphatic heterocycles. The van der Waals surface area contributed by atoms with Crippen molar-refractivity contribution in [2.24, 2.45) is 0 Å². The van der Waals surface area contributed by atoms with Crippen molar-refractivity contribution >= 4 is 17.6 Å². The van der Waals surface area contributed by atoms with Gasteiger partial charge in [0.1, 0.15) is 5.75 Å². The van der Waals surface area contributed by atoms with Crippen molar-refractivity contribution in [3.05, 3.63) is 66.1 Å². The van der Waals surface area contributed by atoms with E-state index in [1.807, 2.05) is 60.0 Å². The van der Waals surface area contributed by atoms with Crippen LogP contribution in [0.3, 0.4) is 0 Å². The van der Waals surface area contributed by atoms with Gasteiger partial charge in [-0.25, -0.2) is 0 Å². The minimum Gasteiger partial charge on any atom is -0.494 e. The van der Waals surface area contributed by atoms with Crippen LogP contribution in [0.2, 0.25) is 0 Å². The predicted octanol–water partition coefficient (Wildman–Crippen LogP) is 2.46. The van der Waals surface area contributed by atoms with Gasteiger partial charge >= 0.3 is 0 Å². The minimum atomic E-state index is -0.184. The van der Waals surface area contributed by atoms with E-state index in [1.54, 1.807) is 6.08 Å². The monoisotopic (exact) mass is 322 g/mol. The molecule has 6 heteroatoms. The van der Waals surface area contributed by atoms with E-state index < -0.39 is 0 Å². The fourth-order valence-electron chi connectivity index (χ4n) is 2.25. The van der Waals surface area contributed by atoms with Crippen molar-refractivity contribution in [2.45, 2.75) is 13.5 Å². The molecule has 0 aliphatic carbocycles. The summed E-state index contributed by atoms with van der Waals surface area (Å²) in [7, 11) is 0. The van der Waals surface area contributed by atoms with Crippen molar-refractivity contribution in [1.82, 2.24) is 19.9 Å². The third-order valence-corrected chi connectivity index (χ3v) is 3.42. The van der Waals surface area contributed by atoms with Gasteiger partial charge in [0.15, 0.2) is 11.5 Å². The second kappa shape index (κ2) is 7.41. The van der Waals surface area contributed by atoms with E-state index in [1.165, 1.54) is 6.08 Å². The molecular formula is C18H18N4O2. The number of pyridine rings is 1. The largest absolute Gasteiger partial charge is 0.494 e. The molecule has 6 nitrogen and oxygen atoms in total. The Bertz CT molecular complexity index is 853. The molecule has 3 rings (SSSR count). The number of nitrogens with zero attached hydrogens (tertiary/aromatic N) is 3. The number of carbonyl (C=O) groups is 1. The van der Waals surface area contributed by atoms with Crippen LogP contribution >= 0.6 is 0 Å². The van der Waals surface area contributed by atoms with Crippen molar-refractivity contribution in [3.8, 4) is 5.75 Å². The van der Waals surface area contributed by atoms with Gasteiger partial charge in [-0.2, -0.15) is 0 Å². The van der Waals surface area contributed by atoms with Gasteiger partial charge in [0, 0.05) is 12.3 Å². The van der Waals surface area contributed by atoms with Crippen LogP contribution in [0.1, 0.15) is 18.3 Å². The van der Waals surface area contributed by atoms with Gasteiger partial charge in [-0.3, -0.25) is 9.20 Å². The van der Waals surface area contributed by atoms with Gasteiger partial charge in [0.2, 0.25) is 5.91 Å². The molecule has 2 aromatic heterocycles. The van der Waals surface area contributed by atoms with E-state index in [4.69, 9.17) is 4.74 Å². The highest BCUT2D eigenvalue weighted by molar-refractivity contribution is 5.91. The zero-order valence-corrected chi connectivity index (χ0v) is 13.3. The van der Waals surface area contributed by atoms with E-state index in [0.29, 0.717) is 19.0 Å². The van der Waals surface area contributed by atoms with Crippen LogP contribution in [0.25, 0.3) is 11.7 Å². The topological polar surface area (TPSA) is 68.5 Å². The second-order valence-corrected chi connectivity index (χ2v) is 5.10. The fraction of sp³-hybridized carbons (Fsp3) is 0.167. The average Bonchev–Trinajstić information content (AvgIpc) is 3.03. The fourth-order valence-corrected chi connectivity index (χ4v) is 2.25. The Balaban J connectivity index is 1.57. The molecule has 0 fully saturated rings. The molecule has 122 valence electrons. The first-order valence-corrected chi connectivity index (χ1v) is 7.73.